The molecular formula is C24H31NO4. The van der Waals surface area contributed by atoms with E-state index in [1.807, 2.05) is 81.4 Å². The average molecular weight is 398 g/mol. The second kappa shape index (κ2) is 10.7. The van der Waals surface area contributed by atoms with E-state index in [4.69, 9.17) is 14.6 Å². The summed E-state index contributed by atoms with van der Waals surface area (Å²) in [6.07, 6.45) is 3.64. The molecule has 0 aliphatic rings. The summed E-state index contributed by atoms with van der Waals surface area (Å²) in [7, 11) is 1.73. The van der Waals surface area contributed by atoms with E-state index < -0.39 is 5.60 Å². The quantitative estimate of drug-likeness (QED) is 0.676. The monoisotopic (exact) mass is 397 g/mol. The van der Waals surface area contributed by atoms with Crippen molar-refractivity contribution in [3.63, 3.8) is 0 Å². The number of aliphatic hydroxyl groups is 1. The number of amides is 1. The van der Waals surface area contributed by atoms with Gasteiger partial charge >= 0.3 is 6.09 Å². The van der Waals surface area contributed by atoms with Crippen LogP contribution in [0.5, 0.6) is 5.75 Å². The topological polar surface area (TPSA) is 59.0 Å². The second-order valence-corrected chi connectivity index (χ2v) is 7.86. The van der Waals surface area contributed by atoms with Crippen molar-refractivity contribution in [1.29, 1.82) is 0 Å². The fraction of sp³-hybridized carbons (Fsp3) is 0.375. The maximum absolute atomic E-state index is 12.2. The lowest BCUT2D eigenvalue weighted by molar-refractivity contribution is 0.0278. The second-order valence-electron chi connectivity index (χ2n) is 7.86. The average Bonchev–Trinajstić information content (AvgIpc) is 2.69. The van der Waals surface area contributed by atoms with Crippen LogP contribution in [0.1, 0.15) is 44.4 Å². The number of nitrogens with zero attached hydrogens (tertiary/aromatic N) is 1. The van der Waals surface area contributed by atoms with Gasteiger partial charge in [-0.2, -0.15) is 0 Å². The molecule has 0 spiro atoms. The molecule has 2 rings (SSSR count). The maximum atomic E-state index is 12.2. The van der Waals surface area contributed by atoms with Gasteiger partial charge in [-0.25, -0.2) is 4.79 Å². The lowest BCUT2D eigenvalue weighted by Gasteiger charge is -2.26. The lowest BCUT2D eigenvalue weighted by atomic mass is 10.1. The Balaban J connectivity index is 2.06. The van der Waals surface area contributed by atoms with Crippen molar-refractivity contribution in [3.8, 4) is 5.75 Å². The molecule has 1 N–H and O–H groups in total. The molecule has 0 aromatic heterocycles. The summed E-state index contributed by atoms with van der Waals surface area (Å²) in [5, 5.41) is 8.88. The van der Waals surface area contributed by atoms with E-state index in [0.29, 0.717) is 13.0 Å². The van der Waals surface area contributed by atoms with Crippen LogP contribution in [0.2, 0.25) is 0 Å². The number of carbonyl (C=O) groups is 1. The predicted molar refractivity (Wildman–Crippen MR) is 116 cm³/mol. The Morgan fingerprint density at radius 2 is 1.76 bits per heavy atom. The van der Waals surface area contributed by atoms with Crippen LogP contribution < -0.4 is 4.74 Å². The fourth-order valence-electron chi connectivity index (χ4n) is 2.71. The van der Waals surface area contributed by atoms with Gasteiger partial charge in [-0.05, 0) is 44.0 Å². The Morgan fingerprint density at radius 3 is 2.34 bits per heavy atom. The highest BCUT2D eigenvalue weighted by Crippen LogP contribution is 2.26. The molecule has 0 saturated heterocycles. The summed E-state index contributed by atoms with van der Waals surface area (Å²) in [5.74, 6) is 0.750. The zero-order valence-electron chi connectivity index (χ0n) is 17.7. The molecule has 0 aliphatic heterocycles. The van der Waals surface area contributed by atoms with Gasteiger partial charge in [-0.15, -0.1) is 0 Å². The van der Waals surface area contributed by atoms with Gasteiger partial charge in [-0.3, -0.25) is 0 Å². The van der Waals surface area contributed by atoms with Gasteiger partial charge in [0.15, 0.2) is 0 Å². The molecule has 0 fully saturated rings. The molecule has 5 nitrogen and oxygen atoms in total. The number of carbonyl (C=O) groups excluding carboxylic acids is 1. The summed E-state index contributed by atoms with van der Waals surface area (Å²) < 4.78 is 11.7. The molecule has 1 amide bonds. The van der Waals surface area contributed by atoms with E-state index in [-0.39, 0.29) is 18.8 Å². The Labute approximate surface area is 173 Å². The number of aliphatic hydroxyl groups excluding tert-OH is 1. The van der Waals surface area contributed by atoms with Crippen molar-refractivity contribution in [2.75, 3.05) is 20.2 Å². The number of hydrogen-bond donors (Lipinski definition) is 1. The highest BCUT2D eigenvalue weighted by atomic mass is 16.6. The van der Waals surface area contributed by atoms with E-state index >= 15 is 0 Å². The molecule has 0 aliphatic carbocycles. The summed E-state index contributed by atoms with van der Waals surface area (Å²) in [5.41, 5.74) is 1.52. The van der Waals surface area contributed by atoms with E-state index in [9.17, 15) is 4.79 Å². The molecule has 0 heterocycles. The van der Waals surface area contributed by atoms with Crippen molar-refractivity contribution < 1.29 is 19.4 Å². The molecule has 0 bridgehead atoms. The van der Waals surface area contributed by atoms with Crippen molar-refractivity contribution in [3.05, 3.63) is 71.8 Å². The molecular weight excluding hydrogens is 366 g/mol. The van der Waals surface area contributed by atoms with E-state index in [0.717, 1.165) is 16.9 Å². The zero-order valence-corrected chi connectivity index (χ0v) is 17.7. The van der Waals surface area contributed by atoms with Crippen LogP contribution in [0.4, 0.5) is 4.79 Å². The van der Waals surface area contributed by atoms with Crippen LogP contribution in [0.25, 0.3) is 6.08 Å². The number of benzene rings is 2. The number of hydrogen-bond acceptors (Lipinski definition) is 4. The van der Waals surface area contributed by atoms with Gasteiger partial charge in [0.25, 0.3) is 0 Å². The summed E-state index contributed by atoms with van der Waals surface area (Å²) in [4.78, 5) is 13.8. The highest BCUT2D eigenvalue weighted by molar-refractivity contribution is 5.67. The van der Waals surface area contributed by atoms with Gasteiger partial charge in [0, 0.05) is 20.0 Å². The molecule has 1 atom stereocenters. The largest absolute Gasteiger partial charge is 0.486 e. The smallest absolute Gasteiger partial charge is 0.410 e. The third kappa shape index (κ3) is 8.00. The summed E-state index contributed by atoms with van der Waals surface area (Å²) in [6.45, 7) is 6.08. The Kier molecular flexibility index (Phi) is 8.28. The summed E-state index contributed by atoms with van der Waals surface area (Å²) in [6, 6.07) is 17.7. The third-order valence-corrected chi connectivity index (χ3v) is 4.18. The summed E-state index contributed by atoms with van der Waals surface area (Å²) >= 11 is 0. The minimum Gasteiger partial charge on any atom is -0.486 e. The molecule has 2 aromatic carbocycles. The number of ether oxygens (including phenoxy) is 2. The van der Waals surface area contributed by atoms with Gasteiger partial charge in [0.1, 0.15) is 17.5 Å². The third-order valence-electron chi connectivity index (χ3n) is 4.18. The molecule has 0 saturated carbocycles. The fourth-order valence-corrected chi connectivity index (χ4v) is 2.71. The maximum Gasteiger partial charge on any atom is 0.410 e. The van der Waals surface area contributed by atoms with Crippen molar-refractivity contribution in [1.82, 2.24) is 4.90 Å². The van der Waals surface area contributed by atoms with Crippen LogP contribution >= 0.6 is 0 Å². The molecule has 5 heteroatoms. The zero-order chi connectivity index (χ0) is 21.3. The standard InChI is InChI=1S/C24H31NO4/c1-24(2,3)29-23(27)25(4)17-16-22(20-10-6-5-7-11-20)28-21-14-12-19(13-15-21)9-8-18-26/h5-15,22,26H,16-18H2,1-4H3. The molecule has 1 unspecified atom stereocenters. The normalized spacial score (nSPS) is 12.6. The van der Waals surface area contributed by atoms with Gasteiger partial charge in [0.05, 0.1) is 6.61 Å². The van der Waals surface area contributed by atoms with Crippen molar-refractivity contribution in [2.45, 2.75) is 38.9 Å². The Hall–Kier alpha value is -2.79. The Bertz CT molecular complexity index is 779. The van der Waals surface area contributed by atoms with Gasteiger partial charge in [-0.1, -0.05) is 54.6 Å². The van der Waals surface area contributed by atoms with Crippen LogP contribution in [-0.2, 0) is 4.74 Å². The molecule has 0 radical (unpaired) electrons. The highest BCUT2D eigenvalue weighted by Gasteiger charge is 2.21. The SMILES string of the molecule is CN(CCC(Oc1ccc(C=CCO)cc1)c1ccccc1)C(=O)OC(C)(C)C. The first-order chi connectivity index (χ1) is 13.8. The van der Waals surface area contributed by atoms with Crippen molar-refractivity contribution in [2.24, 2.45) is 0 Å². The number of rotatable bonds is 8. The molecule has 29 heavy (non-hydrogen) atoms. The van der Waals surface area contributed by atoms with Gasteiger partial charge < -0.3 is 19.5 Å². The van der Waals surface area contributed by atoms with E-state index in [1.54, 1.807) is 18.0 Å². The van der Waals surface area contributed by atoms with Crippen LogP contribution in [-0.4, -0.2) is 41.9 Å². The minimum absolute atomic E-state index is 0.0134. The Morgan fingerprint density at radius 1 is 1.10 bits per heavy atom. The van der Waals surface area contributed by atoms with Crippen LogP contribution in [0.15, 0.2) is 60.7 Å². The van der Waals surface area contributed by atoms with E-state index in [2.05, 4.69) is 0 Å². The lowest BCUT2D eigenvalue weighted by Crippen LogP contribution is -2.35. The van der Waals surface area contributed by atoms with Crippen LogP contribution in [0.3, 0.4) is 0 Å². The van der Waals surface area contributed by atoms with Crippen LogP contribution in [0, 0.1) is 0 Å². The molecule has 156 valence electrons. The molecule has 2 aromatic rings. The first-order valence-electron chi connectivity index (χ1n) is 9.81. The predicted octanol–water partition coefficient (Wildman–Crippen LogP) is 5.07. The first-order valence-corrected chi connectivity index (χ1v) is 9.81. The van der Waals surface area contributed by atoms with E-state index in [1.165, 1.54) is 0 Å². The minimum atomic E-state index is -0.521. The first kappa shape index (κ1) is 22.5. The van der Waals surface area contributed by atoms with Crippen molar-refractivity contribution >= 4 is 12.2 Å². The van der Waals surface area contributed by atoms with Gasteiger partial charge in [0.2, 0.25) is 0 Å².